The van der Waals surface area contributed by atoms with Crippen molar-refractivity contribution in [3.05, 3.63) is 34.7 Å². The predicted molar refractivity (Wildman–Crippen MR) is 126 cm³/mol. The summed E-state index contributed by atoms with van der Waals surface area (Å²) in [5.74, 6) is -1.91. The van der Waals surface area contributed by atoms with Crippen LogP contribution < -0.4 is 25.8 Å². The molecular formula is C23H27N3O7S. The number of rotatable bonds is 9. The summed E-state index contributed by atoms with van der Waals surface area (Å²) in [5, 5.41) is 7.20. The number of hydrogen-bond donors (Lipinski definition) is 3. The summed E-state index contributed by atoms with van der Waals surface area (Å²) in [5.41, 5.74) is 5.66. The van der Waals surface area contributed by atoms with Crippen LogP contribution in [0, 0.1) is 5.92 Å². The number of esters is 1. The topological polar surface area (TPSA) is 146 Å². The number of benzene rings is 1. The second-order valence-corrected chi connectivity index (χ2v) is 8.70. The molecule has 1 atom stereocenters. The first-order valence-corrected chi connectivity index (χ1v) is 11.6. The Morgan fingerprint density at radius 3 is 2.29 bits per heavy atom. The van der Waals surface area contributed by atoms with Crippen LogP contribution in [0.2, 0.25) is 0 Å². The summed E-state index contributed by atoms with van der Waals surface area (Å²) in [6.07, 6.45) is 2.32. The van der Waals surface area contributed by atoms with E-state index >= 15 is 0 Å². The van der Waals surface area contributed by atoms with Crippen LogP contribution in [-0.2, 0) is 14.3 Å². The number of carbonyl (C=O) groups excluding carboxylic acids is 4. The highest BCUT2D eigenvalue weighted by Gasteiger charge is 2.27. The predicted octanol–water partition coefficient (Wildman–Crippen LogP) is 3.18. The van der Waals surface area contributed by atoms with Crippen LogP contribution in [0.1, 0.15) is 53.3 Å². The second-order valence-electron chi connectivity index (χ2n) is 7.79. The Morgan fingerprint density at radius 2 is 1.68 bits per heavy atom. The quantitative estimate of drug-likeness (QED) is 0.459. The van der Waals surface area contributed by atoms with Crippen LogP contribution in [0.15, 0.2) is 23.6 Å². The third-order valence-corrected chi connectivity index (χ3v) is 6.38. The van der Waals surface area contributed by atoms with E-state index in [-0.39, 0.29) is 39.4 Å². The first-order valence-electron chi connectivity index (χ1n) is 10.7. The van der Waals surface area contributed by atoms with Gasteiger partial charge in [0.15, 0.2) is 17.6 Å². The highest BCUT2D eigenvalue weighted by molar-refractivity contribution is 7.14. The highest BCUT2D eigenvalue weighted by atomic mass is 32.1. The van der Waals surface area contributed by atoms with Crippen molar-refractivity contribution in [2.24, 2.45) is 11.7 Å². The molecule has 34 heavy (non-hydrogen) atoms. The molecule has 0 saturated heterocycles. The molecule has 1 aliphatic rings. The average molecular weight is 490 g/mol. The lowest BCUT2D eigenvalue weighted by atomic mass is 10.1. The summed E-state index contributed by atoms with van der Waals surface area (Å²) < 4.78 is 15.9. The van der Waals surface area contributed by atoms with Gasteiger partial charge >= 0.3 is 5.97 Å². The first kappa shape index (κ1) is 25.0. The number of nitrogens with two attached hydrogens (primary N) is 1. The lowest BCUT2D eigenvalue weighted by Gasteiger charge is -2.18. The van der Waals surface area contributed by atoms with Gasteiger partial charge in [0.2, 0.25) is 5.91 Å². The zero-order valence-electron chi connectivity index (χ0n) is 19.1. The van der Waals surface area contributed by atoms with E-state index in [1.165, 1.54) is 39.3 Å². The number of carbonyl (C=O) groups is 4. The van der Waals surface area contributed by atoms with Crippen molar-refractivity contribution in [1.29, 1.82) is 0 Å². The average Bonchev–Trinajstić information content (AvgIpc) is 3.51. The molecule has 3 amide bonds. The van der Waals surface area contributed by atoms with Gasteiger partial charge in [-0.1, -0.05) is 12.8 Å². The zero-order valence-corrected chi connectivity index (χ0v) is 20.0. The largest absolute Gasteiger partial charge is 0.493 e. The van der Waals surface area contributed by atoms with Gasteiger partial charge in [-0.05, 0) is 31.2 Å². The third-order valence-electron chi connectivity index (χ3n) is 5.55. The van der Waals surface area contributed by atoms with Crippen molar-refractivity contribution in [2.75, 3.05) is 24.9 Å². The highest BCUT2D eigenvalue weighted by Crippen LogP contribution is 2.35. The number of methoxy groups -OCH3 is 2. The Bertz CT molecular complexity index is 1090. The van der Waals surface area contributed by atoms with Crippen LogP contribution in [0.3, 0.4) is 0 Å². The van der Waals surface area contributed by atoms with Crippen LogP contribution in [0.4, 0.5) is 10.7 Å². The lowest BCUT2D eigenvalue weighted by molar-refractivity contribution is -0.123. The van der Waals surface area contributed by atoms with E-state index in [9.17, 15) is 19.2 Å². The number of thiophene rings is 1. The molecule has 2 aromatic rings. The fourth-order valence-electron chi connectivity index (χ4n) is 3.67. The van der Waals surface area contributed by atoms with Crippen LogP contribution in [-0.4, -0.2) is 44.0 Å². The Labute approximate surface area is 200 Å². The minimum absolute atomic E-state index is 0.0117. The molecule has 11 heteroatoms. The normalized spacial score (nSPS) is 14.2. The molecule has 3 rings (SSSR count). The van der Waals surface area contributed by atoms with Crippen molar-refractivity contribution in [1.82, 2.24) is 0 Å². The number of nitrogens with one attached hydrogen (secondary N) is 2. The van der Waals surface area contributed by atoms with Crippen molar-refractivity contribution in [2.45, 2.75) is 38.7 Å². The zero-order chi connectivity index (χ0) is 24.8. The van der Waals surface area contributed by atoms with E-state index in [1.807, 2.05) is 0 Å². The van der Waals surface area contributed by atoms with Crippen LogP contribution in [0.5, 0.6) is 11.5 Å². The van der Waals surface area contributed by atoms with E-state index in [1.54, 1.807) is 5.38 Å². The summed E-state index contributed by atoms with van der Waals surface area (Å²) in [6, 6.07) is 4.36. The Balaban J connectivity index is 1.79. The Hall–Kier alpha value is -3.60. The summed E-state index contributed by atoms with van der Waals surface area (Å²) in [7, 11) is 2.85. The van der Waals surface area contributed by atoms with Gasteiger partial charge in [-0.25, -0.2) is 4.79 Å². The molecular weight excluding hydrogens is 462 g/mol. The van der Waals surface area contributed by atoms with Gasteiger partial charge in [0.05, 0.1) is 31.0 Å². The van der Waals surface area contributed by atoms with E-state index in [2.05, 4.69) is 10.6 Å². The summed E-state index contributed by atoms with van der Waals surface area (Å²) in [6.45, 7) is 1.39. The molecule has 1 saturated carbocycles. The minimum atomic E-state index is -1.21. The monoisotopic (exact) mass is 489 g/mol. The van der Waals surface area contributed by atoms with E-state index < -0.39 is 23.9 Å². The molecule has 182 valence electrons. The van der Waals surface area contributed by atoms with Gasteiger partial charge in [0.1, 0.15) is 5.00 Å². The number of primary amides is 1. The smallest absolute Gasteiger partial charge is 0.341 e. The Morgan fingerprint density at radius 1 is 1.03 bits per heavy atom. The standard InChI is InChI=1S/C23H27N3O7S/c1-12(20(28)26-22-14(19(24)27)8-9-34-22)33-23(30)15-10-17(31-2)18(32-3)11-16(15)25-21(29)13-6-4-5-7-13/h8-13H,4-7H2,1-3H3,(H2,24,27)(H,25,29)(H,26,28). The molecule has 1 unspecified atom stereocenters. The summed E-state index contributed by atoms with van der Waals surface area (Å²) in [4.78, 5) is 49.7. The van der Waals surface area contributed by atoms with Gasteiger partial charge in [0.25, 0.3) is 11.8 Å². The minimum Gasteiger partial charge on any atom is -0.493 e. The van der Waals surface area contributed by atoms with Crippen molar-refractivity contribution >= 4 is 45.7 Å². The SMILES string of the molecule is COc1cc(NC(=O)C2CCCC2)c(C(=O)OC(C)C(=O)Nc2sccc2C(N)=O)cc1OC. The third kappa shape index (κ3) is 5.66. The van der Waals surface area contributed by atoms with Crippen molar-refractivity contribution < 1.29 is 33.4 Å². The number of hydrogen-bond acceptors (Lipinski definition) is 8. The van der Waals surface area contributed by atoms with E-state index in [0.717, 1.165) is 37.0 Å². The molecule has 0 aliphatic heterocycles. The number of ether oxygens (including phenoxy) is 3. The van der Waals surface area contributed by atoms with Crippen LogP contribution in [0.25, 0.3) is 0 Å². The van der Waals surface area contributed by atoms with Crippen LogP contribution >= 0.6 is 11.3 Å². The van der Waals surface area contributed by atoms with Gasteiger partial charge in [-0.2, -0.15) is 0 Å². The molecule has 0 bridgehead atoms. The van der Waals surface area contributed by atoms with Gasteiger partial charge in [-0.3, -0.25) is 14.4 Å². The molecule has 0 radical (unpaired) electrons. The van der Waals surface area contributed by atoms with Gasteiger partial charge in [-0.15, -0.1) is 11.3 Å². The van der Waals surface area contributed by atoms with Crippen molar-refractivity contribution in [3.63, 3.8) is 0 Å². The maximum Gasteiger partial charge on any atom is 0.341 e. The van der Waals surface area contributed by atoms with Crippen molar-refractivity contribution in [3.8, 4) is 11.5 Å². The maximum atomic E-state index is 13.0. The molecule has 0 spiro atoms. The molecule has 1 aromatic heterocycles. The fourth-order valence-corrected chi connectivity index (χ4v) is 4.46. The molecule has 1 aromatic carbocycles. The molecule has 1 aliphatic carbocycles. The van der Waals surface area contributed by atoms with Gasteiger partial charge < -0.3 is 30.6 Å². The lowest BCUT2D eigenvalue weighted by Crippen LogP contribution is -2.31. The molecule has 4 N–H and O–H groups in total. The van der Waals surface area contributed by atoms with E-state index in [4.69, 9.17) is 19.9 Å². The second kappa shape index (κ2) is 11.0. The molecule has 1 fully saturated rings. The molecule has 1 heterocycles. The summed E-state index contributed by atoms with van der Waals surface area (Å²) >= 11 is 1.12. The number of anilines is 2. The Kier molecular flexibility index (Phi) is 8.11. The fraction of sp³-hybridized carbons (Fsp3) is 0.391. The first-order chi connectivity index (χ1) is 16.2. The number of amides is 3. The van der Waals surface area contributed by atoms with Gasteiger partial charge in [0, 0.05) is 18.1 Å². The van der Waals surface area contributed by atoms with E-state index in [0.29, 0.717) is 5.75 Å². The molecule has 10 nitrogen and oxygen atoms in total. The maximum absolute atomic E-state index is 13.0.